The Morgan fingerprint density at radius 2 is 2.00 bits per heavy atom. The Kier molecular flexibility index (Phi) is 2.56. The quantitative estimate of drug-likeness (QED) is 0.705. The Bertz CT molecular complexity index is 258. The van der Waals surface area contributed by atoms with Crippen LogP contribution in [0.15, 0.2) is 0 Å². The van der Waals surface area contributed by atoms with Gasteiger partial charge >= 0.3 is 6.18 Å². The molecule has 1 amide bonds. The zero-order valence-electron chi connectivity index (χ0n) is 7.52. The van der Waals surface area contributed by atoms with Gasteiger partial charge in [-0.1, -0.05) is 0 Å². The van der Waals surface area contributed by atoms with E-state index in [1.54, 1.807) is 0 Å². The fourth-order valence-electron chi connectivity index (χ4n) is 1.43. The van der Waals surface area contributed by atoms with Gasteiger partial charge in [-0.25, -0.2) is 0 Å². The number of amides is 1. The highest BCUT2D eigenvalue weighted by Crippen LogP contribution is 2.59. The van der Waals surface area contributed by atoms with Crippen LogP contribution in [0.1, 0.15) is 19.8 Å². The van der Waals surface area contributed by atoms with Crippen molar-refractivity contribution >= 4 is 12.2 Å². The van der Waals surface area contributed by atoms with Crippen LogP contribution in [0.5, 0.6) is 0 Å². The number of rotatable bonds is 3. The van der Waals surface area contributed by atoms with E-state index in [-0.39, 0.29) is 19.1 Å². The predicted molar refractivity (Wildman–Crippen MR) is 41.4 cm³/mol. The van der Waals surface area contributed by atoms with Crippen LogP contribution in [-0.4, -0.2) is 24.4 Å². The molecule has 1 saturated carbocycles. The van der Waals surface area contributed by atoms with Crippen LogP contribution in [0, 0.1) is 5.41 Å². The molecule has 1 N–H and O–H groups in total. The molecule has 1 fully saturated rings. The van der Waals surface area contributed by atoms with Crippen molar-refractivity contribution in [2.24, 2.45) is 5.41 Å². The van der Waals surface area contributed by atoms with E-state index in [1.165, 1.54) is 0 Å². The zero-order chi connectivity index (χ0) is 11.0. The molecule has 0 radical (unpaired) electrons. The fourth-order valence-corrected chi connectivity index (χ4v) is 1.43. The summed E-state index contributed by atoms with van der Waals surface area (Å²) in [4.78, 5) is 21.0. The van der Waals surface area contributed by atoms with Gasteiger partial charge in [0.1, 0.15) is 6.29 Å². The smallest absolute Gasteiger partial charge is 0.346 e. The number of nitrogens with one attached hydrogen (secondary N) is 1. The second kappa shape index (κ2) is 3.25. The van der Waals surface area contributed by atoms with Crippen molar-refractivity contribution in [3.8, 4) is 0 Å². The second-order valence-corrected chi connectivity index (χ2v) is 3.47. The van der Waals surface area contributed by atoms with Gasteiger partial charge in [-0.15, -0.1) is 0 Å². The molecule has 0 saturated heterocycles. The highest BCUT2D eigenvalue weighted by atomic mass is 19.4. The Morgan fingerprint density at radius 3 is 2.21 bits per heavy atom. The maximum Gasteiger partial charge on any atom is 0.396 e. The molecule has 0 spiro atoms. The van der Waals surface area contributed by atoms with Crippen molar-refractivity contribution in [1.29, 1.82) is 0 Å². The van der Waals surface area contributed by atoms with Crippen LogP contribution in [0.2, 0.25) is 0 Å². The Morgan fingerprint density at radius 1 is 1.50 bits per heavy atom. The van der Waals surface area contributed by atoms with E-state index in [0.29, 0.717) is 0 Å². The van der Waals surface area contributed by atoms with Crippen LogP contribution in [-0.2, 0) is 9.59 Å². The van der Waals surface area contributed by atoms with Gasteiger partial charge in [0.25, 0.3) is 0 Å². The van der Waals surface area contributed by atoms with Crippen molar-refractivity contribution < 1.29 is 22.8 Å². The van der Waals surface area contributed by atoms with E-state index in [2.05, 4.69) is 0 Å². The molecule has 0 heterocycles. The highest BCUT2D eigenvalue weighted by molar-refractivity contribution is 5.78. The summed E-state index contributed by atoms with van der Waals surface area (Å²) in [7, 11) is 0. The molecular weight excluding hydrogens is 199 g/mol. The first kappa shape index (κ1) is 11.0. The molecule has 0 bridgehead atoms. The molecular formula is C8H10F3NO2. The van der Waals surface area contributed by atoms with Crippen LogP contribution in [0.25, 0.3) is 0 Å². The van der Waals surface area contributed by atoms with E-state index in [4.69, 9.17) is 0 Å². The van der Waals surface area contributed by atoms with E-state index >= 15 is 0 Å². The molecule has 1 rings (SSSR count). The number of alkyl halides is 3. The SMILES string of the molecule is CC(=O)N[C@H](C=O)C1(C(F)(F)F)CC1. The lowest BCUT2D eigenvalue weighted by molar-refractivity contribution is -0.195. The van der Waals surface area contributed by atoms with Gasteiger partial charge in [-0.3, -0.25) is 4.79 Å². The van der Waals surface area contributed by atoms with E-state index in [0.717, 1.165) is 6.92 Å². The molecule has 0 aromatic carbocycles. The molecule has 0 unspecified atom stereocenters. The van der Waals surface area contributed by atoms with E-state index in [9.17, 15) is 22.8 Å². The molecule has 1 atom stereocenters. The number of halogens is 3. The molecule has 3 nitrogen and oxygen atoms in total. The summed E-state index contributed by atoms with van der Waals surface area (Å²) in [6.45, 7) is 1.09. The van der Waals surface area contributed by atoms with Gasteiger partial charge in [-0.05, 0) is 12.8 Å². The van der Waals surface area contributed by atoms with Crippen LogP contribution in [0.4, 0.5) is 13.2 Å². The number of carbonyl (C=O) groups is 2. The van der Waals surface area contributed by atoms with Crippen molar-refractivity contribution in [1.82, 2.24) is 5.32 Å². The Balaban J connectivity index is 2.79. The summed E-state index contributed by atoms with van der Waals surface area (Å²) in [5, 5.41) is 2.01. The summed E-state index contributed by atoms with van der Waals surface area (Å²) in [5.41, 5.74) is -2.01. The first-order valence-electron chi connectivity index (χ1n) is 4.12. The van der Waals surface area contributed by atoms with Gasteiger partial charge < -0.3 is 10.1 Å². The molecule has 0 aromatic heterocycles. The average molecular weight is 209 g/mol. The fraction of sp³-hybridized carbons (Fsp3) is 0.750. The molecule has 0 aliphatic heterocycles. The van der Waals surface area contributed by atoms with Gasteiger partial charge in [0.2, 0.25) is 5.91 Å². The standard InChI is InChI=1S/C8H10F3NO2/c1-5(14)12-6(4-13)7(2-3-7)8(9,10)11/h4,6H,2-3H2,1H3,(H,12,14)/t6-/m1/s1. The molecule has 14 heavy (non-hydrogen) atoms. The first-order chi connectivity index (χ1) is 6.33. The van der Waals surface area contributed by atoms with Crippen LogP contribution < -0.4 is 5.32 Å². The van der Waals surface area contributed by atoms with Gasteiger partial charge in [-0.2, -0.15) is 13.2 Å². The van der Waals surface area contributed by atoms with Crippen molar-refractivity contribution in [3.05, 3.63) is 0 Å². The third-order valence-electron chi connectivity index (χ3n) is 2.44. The van der Waals surface area contributed by atoms with E-state index in [1.807, 2.05) is 5.32 Å². The number of hydrogen-bond acceptors (Lipinski definition) is 2. The highest BCUT2D eigenvalue weighted by Gasteiger charge is 2.67. The lowest BCUT2D eigenvalue weighted by atomic mass is 9.97. The normalized spacial score (nSPS) is 21.1. The summed E-state index contributed by atoms with van der Waals surface area (Å²) >= 11 is 0. The Hall–Kier alpha value is -1.07. The van der Waals surface area contributed by atoms with Gasteiger partial charge in [0.15, 0.2) is 0 Å². The second-order valence-electron chi connectivity index (χ2n) is 3.47. The summed E-state index contributed by atoms with van der Waals surface area (Å²) in [5.74, 6) is -0.627. The Labute approximate surface area is 78.7 Å². The predicted octanol–water partition coefficient (Wildman–Crippen LogP) is 1.03. The third-order valence-corrected chi connectivity index (χ3v) is 2.44. The first-order valence-corrected chi connectivity index (χ1v) is 4.12. The number of hydrogen-bond donors (Lipinski definition) is 1. The summed E-state index contributed by atoms with van der Waals surface area (Å²) in [6, 6.07) is -1.44. The van der Waals surface area contributed by atoms with Crippen molar-refractivity contribution in [2.75, 3.05) is 0 Å². The average Bonchev–Trinajstić information content (AvgIpc) is 2.78. The van der Waals surface area contributed by atoms with Gasteiger partial charge in [0.05, 0.1) is 11.5 Å². The summed E-state index contributed by atoms with van der Waals surface area (Å²) in [6.07, 6.45) is -4.47. The molecule has 1 aliphatic carbocycles. The maximum absolute atomic E-state index is 12.5. The third kappa shape index (κ3) is 1.73. The van der Waals surface area contributed by atoms with Gasteiger partial charge in [0, 0.05) is 6.92 Å². The largest absolute Gasteiger partial charge is 0.396 e. The molecule has 80 valence electrons. The number of carbonyl (C=O) groups excluding carboxylic acids is 2. The van der Waals surface area contributed by atoms with Crippen LogP contribution >= 0.6 is 0 Å². The topological polar surface area (TPSA) is 46.2 Å². The molecule has 1 aliphatic rings. The monoisotopic (exact) mass is 209 g/mol. The molecule has 0 aromatic rings. The molecule has 6 heteroatoms. The maximum atomic E-state index is 12.5. The van der Waals surface area contributed by atoms with Crippen molar-refractivity contribution in [2.45, 2.75) is 32.0 Å². The lowest BCUT2D eigenvalue weighted by Gasteiger charge is -2.25. The minimum absolute atomic E-state index is 0.0970. The van der Waals surface area contributed by atoms with Crippen LogP contribution in [0.3, 0.4) is 0 Å². The minimum atomic E-state index is -4.43. The zero-order valence-corrected chi connectivity index (χ0v) is 7.52. The lowest BCUT2D eigenvalue weighted by Crippen LogP contribution is -2.48. The van der Waals surface area contributed by atoms with E-state index < -0.39 is 23.5 Å². The number of aldehydes is 1. The van der Waals surface area contributed by atoms with Crippen molar-refractivity contribution in [3.63, 3.8) is 0 Å². The summed E-state index contributed by atoms with van der Waals surface area (Å²) < 4.78 is 37.4. The minimum Gasteiger partial charge on any atom is -0.346 e.